The van der Waals surface area contributed by atoms with Crippen LogP contribution in [-0.4, -0.2) is 36.1 Å². The summed E-state index contributed by atoms with van der Waals surface area (Å²) in [5, 5.41) is 4.47. The molecule has 3 rings (SSSR count). The molecule has 0 amide bonds. The van der Waals surface area contributed by atoms with Crippen LogP contribution in [0.2, 0.25) is 0 Å². The van der Waals surface area contributed by atoms with Crippen LogP contribution in [0.15, 0.2) is 30.7 Å². The summed E-state index contributed by atoms with van der Waals surface area (Å²) in [6, 6.07) is 6.37. The lowest BCUT2D eigenvalue weighted by molar-refractivity contribution is 0.589. The second-order valence-electron chi connectivity index (χ2n) is 4.00. The highest BCUT2D eigenvalue weighted by molar-refractivity contribution is 5.81. The van der Waals surface area contributed by atoms with Crippen LogP contribution < -0.4 is 10.2 Å². The van der Waals surface area contributed by atoms with Crippen molar-refractivity contribution in [3.8, 4) is 0 Å². The molecule has 0 atom stereocenters. The number of anilines is 1. The van der Waals surface area contributed by atoms with E-state index in [1.54, 1.807) is 6.33 Å². The fourth-order valence-electron chi connectivity index (χ4n) is 2.09. The largest absolute Gasteiger partial charge is 0.369 e. The fourth-order valence-corrected chi connectivity index (χ4v) is 2.09. The van der Waals surface area contributed by atoms with Crippen molar-refractivity contribution in [1.82, 2.24) is 15.3 Å². The van der Waals surface area contributed by atoms with Gasteiger partial charge in [0.05, 0.1) is 5.52 Å². The number of hydrogen-bond donors (Lipinski definition) is 1. The number of nitrogens with zero attached hydrogens (tertiary/aromatic N) is 3. The molecule has 1 fully saturated rings. The minimum absolute atomic E-state index is 1.01. The highest BCUT2D eigenvalue weighted by Gasteiger charge is 2.10. The SMILES string of the molecule is c1ncc2cc(N3CCNCC3)ccc2n1. The van der Waals surface area contributed by atoms with E-state index in [0.717, 1.165) is 37.1 Å². The summed E-state index contributed by atoms with van der Waals surface area (Å²) >= 11 is 0. The van der Waals surface area contributed by atoms with E-state index in [2.05, 4.69) is 38.4 Å². The van der Waals surface area contributed by atoms with Gasteiger partial charge in [-0.15, -0.1) is 0 Å². The zero-order valence-corrected chi connectivity index (χ0v) is 9.06. The average Bonchev–Trinajstić information content (AvgIpc) is 2.39. The third-order valence-corrected chi connectivity index (χ3v) is 2.97. The Bertz CT molecular complexity index is 491. The van der Waals surface area contributed by atoms with E-state index in [0.29, 0.717) is 0 Å². The number of benzene rings is 1. The molecule has 0 spiro atoms. The second-order valence-corrected chi connectivity index (χ2v) is 4.00. The smallest absolute Gasteiger partial charge is 0.116 e. The Morgan fingerprint density at radius 3 is 2.94 bits per heavy atom. The van der Waals surface area contributed by atoms with Crippen LogP contribution in [0.1, 0.15) is 0 Å². The summed E-state index contributed by atoms with van der Waals surface area (Å²) in [7, 11) is 0. The van der Waals surface area contributed by atoms with Crippen LogP contribution in [0.25, 0.3) is 10.9 Å². The molecule has 2 aromatic rings. The topological polar surface area (TPSA) is 41.1 Å². The van der Waals surface area contributed by atoms with E-state index in [1.807, 2.05) is 6.20 Å². The van der Waals surface area contributed by atoms with E-state index in [9.17, 15) is 0 Å². The van der Waals surface area contributed by atoms with E-state index in [1.165, 1.54) is 5.69 Å². The van der Waals surface area contributed by atoms with Crippen LogP contribution in [-0.2, 0) is 0 Å². The molecule has 2 heterocycles. The van der Waals surface area contributed by atoms with Crippen LogP contribution >= 0.6 is 0 Å². The second kappa shape index (κ2) is 4.06. The standard InChI is InChI=1S/C12H14N4/c1-2-12-10(8-14-9-15-12)7-11(1)16-5-3-13-4-6-16/h1-2,7-9,13H,3-6H2. The van der Waals surface area contributed by atoms with Crippen LogP contribution in [0.3, 0.4) is 0 Å². The predicted molar refractivity (Wildman–Crippen MR) is 64.6 cm³/mol. The van der Waals surface area contributed by atoms with Gasteiger partial charge >= 0.3 is 0 Å². The summed E-state index contributed by atoms with van der Waals surface area (Å²) < 4.78 is 0. The third kappa shape index (κ3) is 1.72. The molecule has 82 valence electrons. The monoisotopic (exact) mass is 214 g/mol. The summed E-state index contributed by atoms with van der Waals surface area (Å²) in [4.78, 5) is 10.7. The molecule has 16 heavy (non-hydrogen) atoms. The van der Waals surface area contributed by atoms with Crippen molar-refractivity contribution in [3.63, 3.8) is 0 Å². The number of fused-ring (bicyclic) bond motifs is 1. The number of hydrogen-bond acceptors (Lipinski definition) is 4. The summed E-state index contributed by atoms with van der Waals surface area (Å²) in [6.45, 7) is 4.26. The van der Waals surface area contributed by atoms with Gasteiger partial charge in [0.25, 0.3) is 0 Å². The first-order chi connectivity index (χ1) is 7.93. The molecule has 1 saturated heterocycles. The van der Waals surface area contributed by atoms with Gasteiger partial charge in [-0.05, 0) is 18.2 Å². The fraction of sp³-hybridized carbons (Fsp3) is 0.333. The lowest BCUT2D eigenvalue weighted by Crippen LogP contribution is -2.43. The Morgan fingerprint density at radius 2 is 2.06 bits per heavy atom. The maximum atomic E-state index is 4.23. The van der Waals surface area contributed by atoms with Gasteiger partial charge in [-0.2, -0.15) is 0 Å². The molecule has 1 aromatic heterocycles. The zero-order chi connectivity index (χ0) is 10.8. The van der Waals surface area contributed by atoms with Gasteiger partial charge in [0.1, 0.15) is 6.33 Å². The van der Waals surface area contributed by atoms with Crippen molar-refractivity contribution in [2.24, 2.45) is 0 Å². The minimum atomic E-state index is 1.01. The molecule has 0 bridgehead atoms. The van der Waals surface area contributed by atoms with Gasteiger partial charge in [-0.25, -0.2) is 9.97 Å². The van der Waals surface area contributed by atoms with Gasteiger partial charge in [-0.3, -0.25) is 0 Å². The molecule has 4 heteroatoms. The summed E-state index contributed by atoms with van der Waals surface area (Å²) in [5.74, 6) is 0. The van der Waals surface area contributed by atoms with Crippen molar-refractivity contribution in [3.05, 3.63) is 30.7 Å². The Kier molecular flexibility index (Phi) is 2.42. The van der Waals surface area contributed by atoms with Gasteiger partial charge in [0.2, 0.25) is 0 Å². The molecule has 1 aliphatic heterocycles. The Morgan fingerprint density at radius 1 is 1.19 bits per heavy atom. The van der Waals surface area contributed by atoms with Crippen molar-refractivity contribution in [1.29, 1.82) is 0 Å². The van der Waals surface area contributed by atoms with Gasteiger partial charge in [0.15, 0.2) is 0 Å². The maximum Gasteiger partial charge on any atom is 0.116 e. The molecule has 4 nitrogen and oxygen atoms in total. The summed E-state index contributed by atoms with van der Waals surface area (Å²) in [5.41, 5.74) is 2.28. The van der Waals surface area contributed by atoms with Crippen LogP contribution in [0, 0.1) is 0 Å². The maximum absolute atomic E-state index is 4.23. The molecule has 0 saturated carbocycles. The number of rotatable bonds is 1. The molecule has 1 aliphatic rings. The molecular weight excluding hydrogens is 200 g/mol. The molecule has 0 radical (unpaired) electrons. The van der Waals surface area contributed by atoms with E-state index in [-0.39, 0.29) is 0 Å². The minimum Gasteiger partial charge on any atom is -0.369 e. The van der Waals surface area contributed by atoms with Crippen molar-refractivity contribution >= 4 is 16.6 Å². The van der Waals surface area contributed by atoms with Crippen LogP contribution in [0.4, 0.5) is 5.69 Å². The zero-order valence-electron chi connectivity index (χ0n) is 9.06. The number of piperazine rings is 1. The van der Waals surface area contributed by atoms with Gasteiger partial charge in [-0.1, -0.05) is 0 Å². The highest BCUT2D eigenvalue weighted by atomic mass is 15.2. The third-order valence-electron chi connectivity index (χ3n) is 2.97. The first kappa shape index (κ1) is 9.54. The van der Waals surface area contributed by atoms with Crippen molar-refractivity contribution in [2.75, 3.05) is 31.1 Å². The number of nitrogens with one attached hydrogen (secondary N) is 1. The first-order valence-electron chi connectivity index (χ1n) is 5.59. The van der Waals surface area contributed by atoms with Crippen molar-refractivity contribution < 1.29 is 0 Å². The summed E-state index contributed by atoms with van der Waals surface area (Å²) in [6.07, 6.45) is 3.46. The number of aromatic nitrogens is 2. The Hall–Kier alpha value is -1.68. The van der Waals surface area contributed by atoms with Crippen molar-refractivity contribution in [2.45, 2.75) is 0 Å². The highest BCUT2D eigenvalue weighted by Crippen LogP contribution is 2.20. The molecule has 1 aromatic carbocycles. The van der Waals surface area contributed by atoms with Gasteiger partial charge in [0, 0.05) is 43.4 Å². The Labute approximate surface area is 94.3 Å². The van der Waals surface area contributed by atoms with E-state index in [4.69, 9.17) is 0 Å². The van der Waals surface area contributed by atoms with Gasteiger partial charge < -0.3 is 10.2 Å². The lowest BCUT2D eigenvalue weighted by Gasteiger charge is -2.29. The van der Waals surface area contributed by atoms with E-state index >= 15 is 0 Å². The molecule has 0 aliphatic carbocycles. The molecule has 0 unspecified atom stereocenters. The van der Waals surface area contributed by atoms with E-state index < -0.39 is 0 Å². The quantitative estimate of drug-likeness (QED) is 0.770. The first-order valence-corrected chi connectivity index (χ1v) is 5.59. The normalized spacial score (nSPS) is 16.6. The lowest BCUT2D eigenvalue weighted by atomic mass is 10.2. The molecule has 1 N–H and O–H groups in total. The van der Waals surface area contributed by atoms with Crippen LogP contribution in [0.5, 0.6) is 0 Å². The Balaban J connectivity index is 1.97. The average molecular weight is 214 g/mol. The molecular formula is C12H14N4. The predicted octanol–water partition coefficient (Wildman–Crippen LogP) is 1.04.